The Bertz CT molecular complexity index is 1110. The lowest BCUT2D eigenvalue weighted by Gasteiger charge is -2.48. The van der Waals surface area contributed by atoms with Gasteiger partial charge in [-0.1, -0.05) is 19.3 Å². The second-order valence-electron chi connectivity index (χ2n) is 9.16. The number of hydrogen-bond donors (Lipinski definition) is 2. The maximum absolute atomic E-state index is 13.5. The summed E-state index contributed by atoms with van der Waals surface area (Å²) in [6, 6.07) is 9.96. The lowest BCUT2D eigenvalue weighted by atomic mass is 9.79. The van der Waals surface area contributed by atoms with Crippen LogP contribution in [0.1, 0.15) is 48.0 Å². The molecule has 2 aromatic rings. The predicted octanol–water partition coefficient (Wildman–Crippen LogP) is 3.70. The number of rotatable bonds is 7. The quantitative estimate of drug-likeness (QED) is 0.619. The number of aryl methyl sites for hydroxylation is 1. The van der Waals surface area contributed by atoms with Crippen LogP contribution in [0.2, 0.25) is 0 Å². The molecule has 2 N–H and O–H groups in total. The summed E-state index contributed by atoms with van der Waals surface area (Å²) in [5.74, 6) is -0.639. The predicted molar refractivity (Wildman–Crippen MR) is 129 cm³/mol. The first-order valence-electron chi connectivity index (χ1n) is 11.8. The smallest absolute Gasteiger partial charge is 0.261 e. The molecule has 184 valence electrons. The highest BCUT2D eigenvalue weighted by Crippen LogP contribution is 2.34. The Morgan fingerprint density at radius 3 is 2.38 bits per heavy atom. The van der Waals surface area contributed by atoms with Crippen LogP contribution in [0.15, 0.2) is 47.4 Å². The van der Waals surface area contributed by atoms with Crippen LogP contribution in [0.25, 0.3) is 0 Å². The number of carbonyl (C=O) groups is 1. The van der Waals surface area contributed by atoms with Crippen LogP contribution in [-0.4, -0.2) is 57.6 Å². The highest BCUT2D eigenvalue weighted by atomic mass is 32.2. The van der Waals surface area contributed by atoms with E-state index in [0.717, 1.165) is 58.1 Å². The lowest BCUT2D eigenvalue weighted by Crippen LogP contribution is -2.59. The molecule has 2 fully saturated rings. The molecule has 1 amide bonds. The molecule has 2 aliphatic rings. The van der Waals surface area contributed by atoms with E-state index in [0.29, 0.717) is 17.8 Å². The van der Waals surface area contributed by atoms with Crippen LogP contribution in [0.5, 0.6) is 0 Å². The van der Waals surface area contributed by atoms with E-state index in [1.54, 1.807) is 24.3 Å². The van der Waals surface area contributed by atoms with Crippen molar-refractivity contribution in [2.24, 2.45) is 0 Å². The van der Waals surface area contributed by atoms with E-state index < -0.39 is 15.8 Å². The van der Waals surface area contributed by atoms with Gasteiger partial charge in [0.05, 0.1) is 18.1 Å². The van der Waals surface area contributed by atoms with Crippen LogP contribution < -0.4 is 10.0 Å². The van der Waals surface area contributed by atoms with Crippen molar-refractivity contribution in [2.45, 2.75) is 49.5 Å². The molecule has 7 nitrogen and oxygen atoms in total. The van der Waals surface area contributed by atoms with Crippen LogP contribution in [-0.2, 0) is 14.8 Å². The molecular weight excluding hydrogens is 457 g/mol. The Hall–Kier alpha value is -2.49. The van der Waals surface area contributed by atoms with E-state index in [1.165, 1.54) is 25.5 Å². The Morgan fingerprint density at radius 2 is 1.74 bits per heavy atom. The number of nitrogens with zero attached hydrogens (tertiary/aromatic N) is 1. The molecule has 0 radical (unpaired) electrons. The van der Waals surface area contributed by atoms with E-state index in [9.17, 15) is 17.6 Å². The lowest BCUT2D eigenvalue weighted by molar-refractivity contribution is -0.0361. The molecule has 1 heterocycles. The van der Waals surface area contributed by atoms with Crippen molar-refractivity contribution in [1.82, 2.24) is 10.2 Å². The number of halogens is 1. The highest BCUT2D eigenvalue weighted by molar-refractivity contribution is 7.92. The molecule has 1 saturated carbocycles. The summed E-state index contributed by atoms with van der Waals surface area (Å²) in [4.78, 5) is 15.3. The average molecular weight is 490 g/mol. The van der Waals surface area contributed by atoms with Gasteiger partial charge in [0.15, 0.2) is 0 Å². The average Bonchev–Trinajstić information content (AvgIpc) is 2.85. The number of carbonyl (C=O) groups excluding carboxylic acids is 1. The Balaban J connectivity index is 1.40. The number of sulfonamides is 1. The van der Waals surface area contributed by atoms with Gasteiger partial charge in [-0.3, -0.25) is 14.4 Å². The Kier molecular flexibility index (Phi) is 7.54. The highest BCUT2D eigenvalue weighted by Gasteiger charge is 2.38. The molecule has 2 aromatic carbocycles. The summed E-state index contributed by atoms with van der Waals surface area (Å²) < 4.78 is 46.7. The molecule has 0 aromatic heterocycles. The number of amides is 1. The summed E-state index contributed by atoms with van der Waals surface area (Å²) >= 11 is 0. The summed E-state index contributed by atoms with van der Waals surface area (Å²) in [7, 11) is -3.86. The second kappa shape index (κ2) is 10.4. The van der Waals surface area contributed by atoms with Crippen molar-refractivity contribution in [1.29, 1.82) is 0 Å². The van der Waals surface area contributed by atoms with E-state index in [4.69, 9.17) is 4.74 Å². The maximum Gasteiger partial charge on any atom is 0.261 e. The molecule has 9 heteroatoms. The molecule has 1 saturated heterocycles. The molecule has 0 atom stereocenters. The first kappa shape index (κ1) is 24.6. The van der Waals surface area contributed by atoms with Crippen molar-refractivity contribution >= 4 is 21.6 Å². The normalized spacial score (nSPS) is 18.9. The van der Waals surface area contributed by atoms with Crippen LogP contribution in [0.3, 0.4) is 0 Å². The fourth-order valence-corrected chi connectivity index (χ4v) is 6.03. The summed E-state index contributed by atoms with van der Waals surface area (Å²) in [6.45, 7) is 5.33. The van der Waals surface area contributed by atoms with Crippen molar-refractivity contribution in [2.75, 3.05) is 37.6 Å². The van der Waals surface area contributed by atoms with E-state index in [2.05, 4.69) is 14.9 Å². The second-order valence-corrected chi connectivity index (χ2v) is 10.8. The first-order valence-corrected chi connectivity index (χ1v) is 13.3. The van der Waals surface area contributed by atoms with Gasteiger partial charge in [-0.15, -0.1) is 0 Å². The number of nitrogens with one attached hydrogen (secondary N) is 2. The van der Waals surface area contributed by atoms with Crippen molar-refractivity contribution in [3.05, 3.63) is 59.4 Å². The molecular formula is C25H32FN3O4S. The molecule has 0 bridgehead atoms. The number of morpholine rings is 1. The zero-order chi connectivity index (χ0) is 24.2. The number of benzene rings is 2. The number of ether oxygens (including phenoxy) is 1. The van der Waals surface area contributed by atoms with Gasteiger partial charge in [0.2, 0.25) is 0 Å². The van der Waals surface area contributed by atoms with Crippen LogP contribution in [0.4, 0.5) is 10.1 Å². The van der Waals surface area contributed by atoms with Crippen LogP contribution >= 0.6 is 0 Å². The summed E-state index contributed by atoms with van der Waals surface area (Å²) in [5, 5.41) is 3.12. The van der Waals surface area contributed by atoms with E-state index >= 15 is 0 Å². The topological polar surface area (TPSA) is 87.7 Å². The molecule has 1 aliphatic carbocycles. The van der Waals surface area contributed by atoms with Gasteiger partial charge in [0.1, 0.15) is 5.82 Å². The molecule has 0 spiro atoms. The van der Waals surface area contributed by atoms with Crippen molar-refractivity contribution in [3.8, 4) is 0 Å². The van der Waals surface area contributed by atoms with Gasteiger partial charge in [0, 0.05) is 36.4 Å². The number of hydrogen-bond acceptors (Lipinski definition) is 5. The Labute approximate surface area is 200 Å². The minimum atomic E-state index is -3.86. The maximum atomic E-state index is 13.5. The van der Waals surface area contributed by atoms with Gasteiger partial charge >= 0.3 is 0 Å². The first-order chi connectivity index (χ1) is 16.3. The summed E-state index contributed by atoms with van der Waals surface area (Å²) in [5.41, 5.74) is 1.02. The van der Waals surface area contributed by atoms with E-state index in [1.807, 2.05) is 0 Å². The SMILES string of the molecule is Cc1cc(S(=O)(=O)Nc2ccc(C(=O)NCC3(N4CCOCC4)CCCCC3)cc2)ccc1F. The summed E-state index contributed by atoms with van der Waals surface area (Å²) in [6.07, 6.45) is 5.69. The minimum absolute atomic E-state index is 0.0193. The third-order valence-corrected chi connectivity index (χ3v) is 8.26. The molecule has 4 rings (SSSR count). The fraction of sp³-hybridized carbons (Fsp3) is 0.480. The van der Waals surface area contributed by atoms with Gasteiger partial charge in [-0.2, -0.15) is 0 Å². The zero-order valence-corrected chi connectivity index (χ0v) is 20.3. The monoisotopic (exact) mass is 489 g/mol. The van der Waals surface area contributed by atoms with Gasteiger partial charge in [-0.05, 0) is 67.8 Å². The third-order valence-electron chi connectivity index (χ3n) is 6.88. The molecule has 1 aliphatic heterocycles. The number of anilines is 1. The molecule has 0 unspecified atom stereocenters. The van der Waals surface area contributed by atoms with Gasteiger partial charge < -0.3 is 10.1 Å². The third kappa shape index (κ3) is 5.59. The van der Waals surface area contributed by atoms with Crippen LogP contribution in [0, 0.1) is 12.7 Å². The Morgan fingerprint density at radius 1 is 1.06 bits per heavy atom. The fourth-order valence-electron chi connectivity index (χ4n) is 4.89. The zero-order valence-electron chi connectivity index (χ0n) is 19.5. The van der Waals surface area contributed by atoms with E-state index in [-0.39, 0.29) is 21.9 Å². The van der Waals surface area contributed by atoms with Gasteiger partial charge in [-0.25, -0.2) is 12.8 Å². The standard InChI is InChI=1S/C25H32FN3O4S/c1-19-17-22(9-10-23(19)26)34(31,32)28-21-7-5-20(6-8-21)24(30)27-18-25(11-3-2-4-12-25)29-13-15-33-16-14-29/h5-10,17,28H,2-4,11-16,18H2,1H3,(H,27,30). The largest absolute Gasteiger partial charge is 0.379 e. The minimum Gasteiger partial charge on any atom is -0.379 e. The van der Waals surface area contributed by atoms with Crippen molar-refractivity contribution < 1.29 is 22.3 Å². The van der Waals surface area contributed by atoms with Gasteiger partial charge in [0.25, 0.3) is 15.9 Å². The molecule has 34 heavy (non-hydrogen) atoms. The van der Waals surface area contributed by atoms with Crippen molar-refractivity contribution in [3.63, 3.8) is 0 Å².